The first kappa shape index (κ1) is 10.4. The summed E-state index contributed by atoms with van der Waals surface area (Å²) in [5.41, 5.74) is 7.19. The topological polar surface area (TPSA) is 78.9 Å². The van der Waals surface area contributed by atoms with Crippen molar-refractivity contribution in [2.24, 2.45) is 0 Å². The highest BCUT2D eigenvalue weighted by Gasteiger charge is 2.08. The lowest BCUT2D eigenvalue weighted by molar-refractivity contribution is 0.399. The smallest absolute Gasteiger partial charge is 0.257 e. The van der Waals surface area contributed by atoms with E-state index in [2.05, 4.69) is 15.1 Å². The van der Waals surface area contributed by atoms with E-state index in [1.165, 1.54) is 7.11 Å². The van der Waals surface area contributed by atoms with Crippen molar-refractivity contribution < 1.29 is 4.74 Å². The lowest BCUT2D eigenvalue weighted by Gasteiger charge is -2.03. The molecule has 2 rings (SSSR count). The highest BCUT2D eigenvalue weighted by Crippen LogP contribution is 2.21. The van der Waals surface area contributed by atoms with E-state index in [1.807, 2.05) is 17.8 Å². The van der Waals surface area contributed by atoms with Crippen LogP contribution in [0.1, 0.15) is 6.92 Å². The van der Waals surface area contributed by atoms with Gasteiger partial charge in [-0.05, 0) is 6.92 Å². The third-order valence-electron chi connectivity index (χ3n) is 2.21. The van der Waals surface area contributed by atoms with Gasteiger partial charge in [0.25, 0.3) is 5.88 Å². The SMILES string of the molecule is CCn1cc(-c2cnc(N)c(OC)n2)cn1. The second-order valence-electron chi connectivity index (χ2n) is 3.23. The van der Waals surface area contributed by atoms with Crippen LogP contribution in [0.4, 0.5) is 5.82 Å². The van der Waals surface area contributed by atoms with Crippen LogP contribution >= 0.6 is 0 Å². The molecule has 0 aliphatic rings. The normalized spacial score (nSPS) is 10.4. The van der Waals surface area contributed by atoms with Crippen LogP contribution in [0.25, 0.3) is 11.3 Å². The zero-order valence-electron chi connectivity index (χ0n) is 9.21. The minimum atomic E-state index is 0.286. The number of anilines is 1. The molecule has 0 spiro atoms. The molecule has 0 unspecified atom stereocenters. The molecule has 2 aromatic heterocycles. The summed E-state index contributed by atoms with van der Waals surface area (Å²) < 4.78 is 6.83. The summed E-state index contributed by atoms with van der Waals surface area (Å²) in [4.78, 5) is 8.26. The molecule has 0 aliphatic carbocycles. The van der Waals surface area contributed by atoms with Crippen molar-refractivity contribution in [1.29, 1.82) is 0 Å². The van der Waals surface area contributed by atoms with E-state index in [-0.39, 0.29) is 5.82 Å². The highest BCUT2D eigenvalue weighted by molar-refractivity contribution is 5.58. The molecule has 0 atom stereocenters. The van der Waals surface area contributed by atoms with Gasteiger partial charge in [-0.2, -0.15) is 5.10 Å². The van der Waals surface area contributed by atoms with Gasteiger partial charge < -0.3 is 10.5 Å². The van der Waals surface area contributed by atoms with Gasteiger partial charge in [0, 0.05) is 18.3 Å². The summed E-state index contributed by atoms with van der Waals surface area (Å²) in [6.07, 6.45) is 5.25. The van der Waals surface area contributed by atoms with Crippen molar-refractivity contribution in [3.63, 3.8) is 0 Å². The van der Waals surface area contributed by atoms with Crippen LogP contribution in [0.15, 0.2) is 18.6 Å². The number of hydrogen-bond acceptors (Lipinski definition) is 5. The molecule has 0 aromatic carbocycles. The summed E-state index contributed by atoms with van der Waals surface area (Å²) in [6, 6.07) is 0. The molecule has 0 fully saturated rings. The Kier molecular flexibility index (Phi) is 2.72. The first-order valence-corrected chi connectivity index (χ1v) is 4.94. The fourth-order valence-electron chi connectivity index (χ4n) is 1.34. The second kappa shape index (κ2) is 4.18. The van der Waals surface area contributed by atoms with Gasteiger partial charge in [-0.3, -0.25) is 4.68 Å². The van der Waals surface area contributed by atoms with Gasteiger partial charge in [-0.25, -0.2) is 9.97 Å². The van der Waals surface area contributed by atoms with Crippen LogP contribution < -0.4 is 10.5 Å². The van der Waals surface area contributed by atoms with Gasteiger partial charge in [0.05, 0.1) is 25.2 Å². The summed E-state index contributed by atoms with van der Waals surface area (Å²) in [5.74, 6) is 0.621. The monoisotopic (exact) mass is 219 g/mol. The van der Waals surface area contributed by atoms with Crippen molar-refractivity contribution >= 4 is 5.82 Å². The summed E-state index contributed by atoms with van der Waals surface area (Å²) >= 11 is 0. The van der Waals surface area contributed by atoms with E-state index < -0.39 is 0 Å². The molecule has 0 amide bonds. The molecular weight excluding hydrogens is 206 g/mol. The zero-order chi connectivity index (χ0) is 11.5. The molecule has 0 aliphatic heterocycles. The fourth-order valence-corrected chi connectivity index (χ4v) is 1.34. The summed E-state index contributed by atoms with van der Waals surface area (Å²) in [6.45, 7) is 2.84. The van der Waals surface area contributed by atoms with E-state index >= 15 is 0 Å². The number of nitrogen functional groups attached to an aromatic ring is 1. The van der Waals surface area contributed by atoms with Gasteiger partial charge in [-0.1, -0.05) is 0 Å². The van der Waals surface area contributed by atoms with Gasteiger partial charge in [0.2, 0.25) is 0 Å². The average molecular weight is 219 g/mol. The summed E-state index contributed by atoms with van der Waals surface area (Å²) in [5, 5.41) is 4.17. The van der Waals surface area contributed by atoms with Crippen molar-refractivity contribution in [2.75, 3.05) is 12.8 Å². The molecule has 2 N–H and O–H groups in total. The van der Waals surface area contributed by atoms with Gasteiger partial charge in [0.15, 0.2) is 5.82 Å². The van der Waals surface area contributed by atoms with Gasteiger partial charge >= 0.3 is 0 Å². The van der Waals surface area contributed by atoms with Crippen LogP contribution in [-0.2, 0) is 6.54 Å². The maximum atomic E-state index is 5.59. The molecule has 2 heterocycles. The van der Waals surface area contributed by atoms with Crippen molar-refractivity contribution in [1.82, 2.24) is 19.7 Å². The molecule has 16 heavy (non-hydrogen) atoms. The summed E-state index contributed by atoms with van der Waals surface area (Å²) in [7, 11) is 1.51. The Bertz CT molecular complexity index is 494. The van der Waals surface area contributed by atoms with Crippen molar-refractivity contribution in [2.45, 2.75) is 13.5 Å². The lowest BCUT2D eigenvalue weighted by Crippen LogP contribution is -1.99. The van der Waals surface area contributed by atoms with Crippen LogP contribution in [0, 0.1) is 0 Å². The Labute approximate surface area is 93.1 Å². The lowest BCUT2D eigenvalue weighted by atomic mass is 10.3. The third-order valence-corrected chi connectivity index (χ3v) is 2.21. The minimum absolute atomic E-state index is 0.286. The number of nitrogens with two attached hydrogens (primary N) is 1. The Hall–Kier alpha value is -2.11. The van der Waals surface area contributed by atoms with E-state index in [0.717, 1.165) is 12.1 Å². The Morgan fingerprint density at radius 2 is 2.25 bits per heavy atom. The molecule has 2 aromatic rings. The number of hydrogen-bond donors (Lipinski definition) is 1. The Morgan fingerprint density at radius 1 is 1.44 bits per heavy atom. The molecule has 0 saturated heterocycles. The van der Waals surface area contributed by atoms with E-state index in [1.54, 1.807) is 12.4 Å². The third kappa shape index (κ3) is 1.81. The maximum absolute atomic E-state index is 5.59. The predicted molar refractivity (Wildman–Crippen MR) is 59.9 cm³/mol. The Balaban J connectivity index is 2.40. The first-order chi connectivity index (χ1) is 7.74. The molecule has 0 bridgehead atoms. The number of rotatable bonds is 3. The molecule has 84 valence electrons. The fraction of sp³-hybridized carbons (Fsp3) is 0.300. The van der Waals surface area contributed by atoms with Gasteiger partial charge in [-0.15, -0.1) is 0 Å². The molecule has 0 saturated carbocycles. The van der Waals surface area contributed by atoms with Crippen LogP contribution in [0.2, 0.25) is 0 Å². The van der Waals surface area contributed by atoms with Gasteiger partial charge in [0.1, 0.15) is 0 Å². The van der Waals surface area contributed by atoms with E-state index in [4.69, 9.17) is 10.5 Å². The molecular formula is C10H13N5O. The van der Waals surface area contributed by atoms with E-state index in [0.29, 0.717) is 11.6 Å². The predicted octanol–water partition coefficient (Wildman–Crippen LogP) is 0.951. The second-order valence-corrected chi connectivity index (χ2v) is 3.23. The molecule has 0 radical (unpaired) electrons. The number of aromatic nitrogens is 4. The first-order valence-electron chi connectivity index (χ1n) is 4.94. The molecule has 6 heteroatoms. The number of nitrogens with zero attached hydrogens (tertiary/aromatic N) is 4. The number of aryl methyl sites for hydroxylation is 1. The standard InChI is InChI=1S/C10H13N5O/c1-3-15-6-7(4-13-15)8-5-12-9(11)10(14-8)16-2/h4-6H,3H2,1-2H3,(H2,11,12). The largest absolute Gasteiger partial charge is 0.478 e. The quantitative estimate of drug-likeness (QED) is 0.831. The molecule has 6 nitrogen and oxygen atoms in total. The number of ether oxygens (including phenoxy) is 1. The maximum Gasteiger partial charge on any atom is 0.257 e. The highest BCUT2D eigenvalue weighted by atomic mass is 16.5. The van der Waals surface area contributed by atoms with Crippen LogP contribution in [0.3, 0.4) is 0 Å². The van der Waals surface area contributed by atoms with E-state index in [9.17, 15) is 0 Å². The van der Waals surface area contributed by atoms with Crippen molar-refractivity contribution in [3.8, 4) is 17.1 Å². The van der Waals surface area contributed by atoms with Crippen LogP contribution in [-0.4, -0.2) is 26.9 Å². The minimum Gasteiger partial charge on any atom is -0.478 e. The Morgan fingerprint density at radius 3 is 2.88 bits per heavy atom. The average Bonchev–Trinajstić information content (AvgIpc) is 2.78. The van der Waals surface area contributed by atoms with Crippen molar-refractivity contribution in [3.05, 3.63) is 18.6 Å². The zero-order valence-corrected chi connectivity index (χ0v) is 9.21. The number of methoxy groups -OCH3 is 1. The van der Waals surface area contributed by atoms with Crippen LogP contribution in [0.5, 0.6) is 5.88 Å².